The Kier molecular flexibility index (Phi) is 4.63. The third-order valence-electron chi connectivity index (χ3n) is 3.52. The summed E-state index contributed by atoms with van der Waals surface area (Å²) in [4.78, 5) is 12.3. The largest absolute Gasteiger partial charge is 0.493 e. The minimum Gasteiger partial charge on any atom is -0.493 e. The molecular weight excluding hydrogens is 294 g/mol. The van der Waals surface area contributed by atoms with Crippen LogP contribution in [0.5, 0.6) is 11.5 Å². The number of ether oxygens (including phenoxy) is 2. The number of amides is 1. The van der Waals surface area contributed by atoms with E-state index in [0.717, 1.165) is 11.3 Å². The molecule has 0 atom stereocenters. The molecule has 1 heterocycles. The number of aryl methyl sites for hydroxylation is 1. The van der Waals surface area contributed by atoms with Gasteiger partial charge in [0.1, 0.15) is 5.69 Å². The Morgan fingerprint density at radius 2 is 1.83 bits per heavy atom. The Morgan fingerprint density at radius 3 is 2.39 bits per heavy atom. The number of H-pyrrole nitrogens is 1. The fraction of sp³-hybridized carbons (Fsp3) is 0.412. The van der Waals surface area contributed by atoms with Crippen molar-refractivity contribution < 1.29 is 14.3 Å². The summed E-state index contributed by atoms with van der Waals surface area (Å²) >= 11 is 0. The maximum absolute atomic E-state index is 12.3. The molecule has 0 saturated carbocycles. The summed E-state index contributed by atoms with van der Waals surface area (Å²) in [6.07, 6.45) is 0. The summed E-state index contributed by atoms with van der Waals surface area (Å²) in [6, 6.07) is 5.53. The van der Waals surface area contributed by atoms with Gasteiger partial charge in [-0.1, -0.05) is 20.8 Å². The maximum Gasteiger partial charge on any atom is 0.229 e. The second-order valence-electron chi connectivity index (χ2n) is 6.35. The molecule has 23 heavy (non-hydrogen) atoms. The van der Waals surface area contributed by atoms with Crippen LogP contribution < -0.4 is 14.8 Å². The molecule has 2 aromatic rings. The van der Waals surface area contributed by atoms with Crippen LogP contribution in [0.2, 0.25) is 0 Å². The summed E-state index contributed by atoms with van der Waals surface area (Å²) in [5, 5.41) is 10.2. The lowest BCUT2D eigenvalue weighted by atomic mass is 9.95. The van der Waals surface area contributed by atoms with Gasteiger partial charge in [-0.25, -0.2) is 0 Å². The zero-order valence-electron chi connectivity index (χ0n) is 14.4. The molecule has 6 heteroatoms. The molecule has 0 aliphatic rings. The fourth-order valence-electron chi connectivity index (χ4n) is 2.08. The molecule has 0 saturated heterocycles. The third-order valence-corrected chi connectivity index (χ3v) is 3.52. The summed E-state index contributed by atoms with van der Waals surface area (Å²) in [7, 11) is 3.17. The maximum atomic E-state index is 12.3. The zero-order chi connectivity index (χ0) is 17.2. The Morgan fingerprint density at radius 1 is 1.17 bits per heavy atom. The van der Waals surface area contributed by atoms with Gasteiger partial charge >= 0.3 is 0 Å². The van der Waals surface area contributed by atoms with E-state index >= 15 is 0 Å². The molecule has 2 rings (SSSR count). The smallest absolute Gasteiger partial charge is 0.229 e. The van der Waals surface area contributed by atoms with Crippen LogP contribution >= 0.6 is 0 Å². The molecule has 0 bridgehead atoms. The van der Waals surface area contributed by atoms with Gasteiger partial charge in [0.05, 0.1) is 25.6 Å². The highest BCUT2D eigenvalue weighted by molar-refractivity contribution is 5.98. The van der Waals surface area contributed by atoms with Crippen molar-refractivity contribution in [3.8, 4) is 22.8 Å². The number of nitrogens with one attached hydrogen (secondary N) is 2. The average Bonchev–Trinajstić information content (AvgIpc) is 2.86. The van der Waals surface area contributed by atoms with E-state index in [9.17, 15) is 4.79 Å². The molecule has 0 radical (unpaired) electrons. The predicted octanol–water partition coefficient (Wildman–Crippen LogP) is 3.39. The van der Waals surface area contributed by atoms with Gasteiger partial charge in [-0.05, 0) is 25.1 Å². The standard InChI is InChI=1S/C17H23N3O3/c1-10-14(18-16(21)17(2,3)4)15(20-19-10)11-7-8-12(22-5)13(9-11)23-6/h7-9H,1-6H3,(H,18,21)(H,19,20). The van der Waals surface area contributed by atoms with E-state index in [4.69, 9.17) is 9.47 Å². The van der Waals surface area contributed by atoms with E-state index in [1.807, 2.05) is 45.9 Å². The van der Waals surface area contributed by atoms with Crippen LogP contribution in [0, 0.1) is 12.3 Å². The van der Waals surface area contributed by atoms with Crippen LogP contribution in [-0.4, -0.2) is 30.3 Å². The quantitative estimate of drug-likeness (QED) is 0.906. The lowest BCUT2D eigenvalue weighted by Crippen LogP contribution is -2.28. The van der Waals surface area contributed by atoms with Gasteiger partial charge in [0.15, 0.2) is 11.5 Å². The van der Waals surface area contributed by atoms with Crippen molar-refractivity contribution in [3.63, 3.8) is 0 Å². The van der Waals surface area contributed by atoms with Gasteiger partial charge < -0.3 is 14.8 Å². The van der Waals surface area contributed by atoms with Crippen molar-refractivity contribution in [1.29, 1.82) is 0 Å². The number of aromatic nitrogens is 2. The molecule has 1 aromatic heterocycles. The van der Waals surface area contributed by atoms with Crippen molar-refractivity contribution >= 4 is 11.6 Å². The third kappa shape index (κ3) is 3.47. The summed E-state index contributed by atoms with van der Waals surface area (Å²) < 4.78 is 10.6. The van der Waals surface area contributed by atoms with E-state index < -0.39 is 5.41 Å². The Labute approximate surface area is 136 Å². The lowest BCUT2D eigenvalue weighted by Gasteiger charge is -2.18. The highest BCUT2D eigenvalue weighted by atomic mass is 16.5. The molecule has 124 valence electrons. The number of benzene rings is 1. The number of nitrogens with zero attached hydrogens (tertiary/aromatic N) is 1. The van der Waals surface area contributed by atoms with Crippen LogP contribution in [-0.2, 0) is 4.79 Å². The molecule has 2 N–H and O–H groups in total. The number of anilines is 1. The molecule has 0 unspecified atom stereocenters. The van der Waals surface area contributed by atoms with Crippen LogP contribution in [0.4, 0.5) is 5.69 Å². The van der Waals surface area contributed by atoms with Crippen LogP contribution in [0.25, 0.3) is 11.3 Å². The number of methoxy groups -OCH3 is 2. The molecule has 1 amide bonds. The first-order valence-electron chi connectivity index (χ1n) is 7.36. The first-order chi connectivity index (χ1) is 10.8. The average molecular weight is 317 g/mol. The Balaban J connectivity index is 2.44. The van der Waals surface area contributed by atoms with Gasteiger partial charge in [0, 0.05) is 11.0 Å². The number of rotatable bonds is 4. The normalized spacial score (nSPS) is 11.2. The van der Waals surface area contributed by atoms with Gasteiger partial charge in [0.25, 0.3) is 0 Å². The highest BCUT2D eigenvalue weighted by Crippen LogP contribution is 2.35. The molecule has 6 nitrogen and oxygen atoms in total. The molecule has 0 aliphatic carbocycles. The van der Waals surface area contributed by atoms with Crippen molar-refractivity contribution in [2.45, 2.75) is 27.7 Å². The summed E-state index contributed by atoms with van der Waals surface area (Å²) in [5.41, 5.74) is 2.49. The van der Waals surface area contributed by atoms with Gasteiger partial charge in [-0.15, -0.1) is 0 Å². The molecule has 0 fully saturated rings. The van der Waals surface area contributed by atoms with Crippen LogP contribution in [0.1, 0.15) is 26.5 Å². The number of carbonyl (C=O) groups excluding carboxylic acids is 1. The second-order valence-corrected chi connectivity index (χ2v) is 6.35. The Hall–Kier alpha value is -2.50. The minimum atomic E-state index is -0.488. The zero-order valence-corrected chi connectivity index (χ0v) is 14.4. The van der Waals surface area contributed by atoms with Crippen molar-refractivity contribution in [3.05, 3.63) is 23.9 Å². The molecular formula is C17H23N3O3. The van der Waals surface area contributed by atoms with Crippen LogP contribution in [0.15, 0.2) is 18.2 Å². The van der Waals surface area contributed by atoms with E-state index in [1.54, 1.807) is 14.2 Å². The number of aromatic amines is 1. The van der Waals surface area contributed by atoms with Gasteiger partial charge in [-0.3, -0.25) is 9.89 Å². The van der Waals surface area contributed by atoms with Crippen molar-refractivity contribution in [1.82, 2.24) is 10.2 Å². The SMILES string of the molecule is COc1ccc(-c2n[nH]c(C)c2NC(=O)C(C)(C)C)cc1OC. The van der Waals surface area contributed by atoms with E-state index in [2.05, 4.69) is 15.5 Å². The first kappa shape index (κ1) is 16.9. The minimum absolute atomic E-state index is 0.0660. The number of hydrogen-bond donors (Lipinski definition) is 2. The topological polar surface area (TPSA) is 76.2 Å². The van der Waals surface area contributed by atoms with Crippen LogP contribution in [0.3, 0.4) is 0 Å². The Bertz CT molecular complexity index is 714. The molecule has 0 spiro atoms. The number of carbonyl (C=O) groups is 1. The number of hydrogen-bond acceptors (Lipinski definition) is 4. The van der Waals surface area contributed by atoms with E-state index in [1.165, 1.54) is 0 Å². The first-order valence-corrected chi connectivity index (χ1v) is 7.36. The highest BCUT2D eigenvalue weighted by Gasteiger charge is 2.24. The predicted molar refractivity (Wildman–Crippen MR) is 89.9 cm³/mol. The van der Waals surface area contributed by atoms with Gasteiger partial charge in [-0.2, -0.15) is 5.10 Å². The molecule has 1 aromatic carbocycles. The summed E-state index contributed by atoms with van der Waals surface area (Å²) in [5.74, 6) is 1.19. The van der Waals surface area contributed by atoms with Crippen molar-refractivity contribution in [2.75, 3.05) is 19.5 Å². The monoisotopic (exact) mass is 317 g/mol. The fourth-order valence-corrected chi connectivity index (χ4v) is 2.08. The van der Waals surface area contributed by atoms with E-state index in [0.29, 0.717) is 22.9 Å². The molecule has 0 aliphatic heterocycles. The summed E-state index contributed by atoms with van der Waals surface area (Å²) in [6.45, 7) is 7.48. The lowest BCUT2D eigenvalue weighted by molar-refractivity contribution is -0.123. The van der Waals surface area contributed by atoms with Gasteiger partial charge in [0.2, 0.25) is 5.91 Å². The second kappa shape index (κ2) is 6.32. The van der Waals surface area contributed by atoms with Crippen molar-refractivity contribution in [2.24, 2.45) is 5.41 Å². The van der Waals surface area contributed by atoms with E-state index in [-0.39, 0.29) is 5.91 Å².